The van der Waals surface area contributed by atoms with E-state index in [0.717, 1.165) is 0 Å². The highest BCUT2D eigenvalue weighted by Crippen LogP contribution is 2.11. The van der Waals surface area contributed by atoms with Crippen LogP contribution in [0.3, 0.4) is 0 Å². The first kappa shape index (κ1) is 6.95. The maximum atomic E-state index is 9.22. The molecular formula is C6H9N3O. The maximum absolute atomic E-state index is 9.22. The molecule has 0 aliphatic rings. The van der Waals surface area contributed by atoms with Gasteiger partial charge in [0.2, 0.25) is 0 Å². The Balaban J connectivity index is 2.58. The number of nitrogens with zero attached hydrogens (tertiary/aromatic N) is 2. The van der Waals surface area contributed by atoms with Crippen molar-refractivity contribution < 1.29 is 5.11 Å². The van der Waals surface area contributed by atoms with Gasteiger partial charge < -0.3 is 5.11 Å². The summed E-state index contributed by atoms with van der Waals surface area (Å²) >= 11 is 0. The van der Waals surface area contributed by atoms with Gasteiger partial charge in [0, 0.05) is 0 Å². The average molecular weight is 139 g/mol. The second-order valence-corrected chi connectivity index (χ2v) is 1.94. The molecule has 54 valence electrons. The number of rotatable bonds is 3. The van der Waals surface area contributed by atoms with Crippen molar-refractivity contribution in [1.82, 2.24) is 15.4 Å². The van der Waals surface area contributed by atoms with Gasteiger partial charge in [-0.05, 0) is 6.42 Å². The minimum Gasteiger partial charge on any atom is -0.386 e. The first-order valence-electron chi connectivity index (χ1n) is 2.99. The third kappa shape index (κ3) is 1.41. The van der Waals surface area contributed by atoms with Crippen molar-refractivity contribution >= 4 is 0 Å². The monoisotopic (exact) mass is 139 g/mol. The molecule has 0 aliphatic heterocycles. The van der Waals surface area contributed by atoms with Gasteiger partial charge in [-0.25, -0.2) is 0 Å². The van der Waals surface area contributed by atoms with E-state index >= 15 is 0 Å². The van der Waals surface area contributed by atoms with Crippen LogP contribution in [0.4, 0.5) is 0 Å². The Labute approximate surface area is 58.6 Å². The summed E-state index contributed by atoms with van der Waals surface area (Å²) in [6.45, 7) is 3.49. The first-order chi connectivity index (χ1) is 4.84. The molecule has 0 saturated carbocycles. The fourth-order valence-corrected chi connectivity index (χ4v) is 0.650. The second kappa shape index (κ2) is 3.12. The fraction of sp³-hybridized carbons (Fsp3) is 0.333. The molecule has 10 heavy (non-hydrogen) atoms. The Morgan fingerprint density at radius 2 is 2.70 bits per heavy atom. The number of hydrogen-bond donors (Lipinski definition) is 2. The number of nitrogens with one attached hydrogen (secondary N) is 1. The van der Waals surface area contributed by atoms with Gasteiger partial charge in [0.1, 0.15) is 11.8 Å². The Morgan fingerprint density at radius 3 is 3.20 bits per heavy atom. The fourth-order valence-electron chi connectivity index (χ4n) is 0.650. The zero-order valence-electron chi connectivity index (χ0n) is 5.49. The number of aliphatic hydroxyl groups is 1. The van der Waals surface area contributed by atoms with Crippen molar-refractivity contribution in [3.05, 3.63) is 24.5 Å². The zero-order valence-corrected chi connectivity index (χ0v) is 5.49. The van der Waals surface area contributed by atoms with Crippen molar-refractivity contribution in [2.75, 3.05) is 0 Å². The van der Waals surface area contributed by atoms with E-state index in [1.807, 2.05) is 0 Å². The summed E-state index contributed by atoms with van der Waals surface area (Å²) in [7, 11) is 0. The molecule has 0 fully saturated rings. The van der Waals surface area contributed by atoms with E-state index < -0.39 is 6.10 Å². The van der Waals surface area contributed by atoms with Crippen LogP contribution in [0, 0.1) is 0 Å². The molecule has 1 unspecified atom stereocenters. The van der Waals surface area contributed by atoms with Crippen molar-refractivity contribution in [2.45, 2.75) is 12.5 Å². The lowest BCUT2D eigenvalue weighted by molar-refractivity contribution is 0.176. The standard InChI is InChI=1S/C6H9N3O/c1-2-3-6(10)5-4-7-9-8-5/h2,4,6,10H,1,3H2,(H,7,8,9). The molecule has 4 nitrogen and oxygen atoms in total. The number of aromatic amines is 1. The lowest BCUT2D eigenvalue weighted by Crippen LogP contribution is -1.95. The molecule has 0 aliphatic carbocycles. The summed E-state index contributed by atoms with van der Waals surface area (Å²) in [5.74, 6) is 0. The molecule has 1 atom stereocenters. The topological polar surface area (TPSA) is 61.8 Å². The van der Waals surface area contributed by atoms with Crippen LogP contribution in [0.15, 0.2) is 18.9 Å². The molecular weight excluding hydrogens is 130 g/mol. The van der Waals surface area contributed by atoms with Crippen LogP contribution < -0.4 is 0 Å². The summed E-state index contributed by atoms with van der Waals surface area (Å²) in [6, 6.07) is 0. The van der Waals surface area contributed by atoms with Crippen LogP contribution in [0.2, 0.25) is 0 Å². The first-order valence-corrected chi connectivity index (χ1v) is 2.99. The smallest absolute Gasteiger partial charge is 0.111 e. The highest BCUT2D eigenvalue weighted by Gasteiger charge is 2.06. The van der Waals surface area contributed by atoms with Gasteiger partial charge in [-0.3, -0.25) is 0 Å². The maximum Gasteiger partial charge on any atom is 0.111 e. The number of H-pyrrole nitrogens is 1. The van der Waals surface area contributed by atoms with Crippen LogP contribution in [0.5, 0.6) is 0 Å². The Morgan fingerprint density at radius 1 is 1.90 bits per heavy atom. The highest BCUT2D eigenvalue weighted by molar-refractivity contribution is 4.97. The van der Waals surface area contributed by atoms with E-state index in [1.165, 1.54) is 6.20 Å². The number of aliphatic hydroxyl groups excluding tert-OH is 1. The quantitative estimate of drug-likeness (QED) is 0.596. The van der Waals surface area contributed by atoms with Gasteiger partial charge in [0.15, 0.2) is 0 Å². The van der Waals surface area contributed by atoms with Crippen LogP contribution in [0.1, 0.15) is 18.2 Å². The van der Waals surface area contributed by atoms with Gasteiger partial charge >= 0.3 is 0 Å². The summed E-state index contributed by atoms with van der Waals surface area (Å²) in [5.41, 5.74) is 0.555. The van der Waals surface area contributed by atoms with Crippen LogP contribution >= 0.6 is 0 Å². The molecule has 0 radical (unpaired) electrons. The highest BCUT2D eigenvalue weighted by atomic mass is 16.3. The number of hydrogen-bond acceptors (Lipinski definition) is 3. The summed E-state index contributed by atoms with van der Waals surface area (Å²) in [4.78, 5) is 0. The van der Waals surface area contributed by atoms with E-state index in [9.17, 15) is 5.11 Å². The summed E-state index contributed by atoms with van der Waals surface area (Å²) in [5, 5.41) is 18.9. The van der Waals surface area contributed by atoms with E-state index in [-0.39, 0.29) is 0 Å². The Hall–Kier alpha value is -1.16. The van der Waals surface area contributed by atoms with Crippen molar-refractivity contribution in [3.8, 4) is 0 Å². The zero-order chi connectivity index (χ0) is 7.40. The van der Waals surface area contributed by atoms with Crippen LogP contribution in [-0.2, 0) is 0 Å². The third-order valence-electron chi connectivity index (χ3n) is 1.16. The third-order valence-corrected chi connectivity index (χ3v) is 1.16. The normalized spacial score (nSPS) is 12.9. The van der Waals surface area contributed by atoms with Crippen molar-refractivity contribution in [1.29, 1.82) is 0 Å². The van der Waals surface area contributed by atoms with E-state index in [1.54, 1.807) is 6.08 Å². The van der Waals surface area contributed by atoms with Crippen LogP contribution in [0.25, 0.3) is 0 Å². The van der Waals surface area contributed by atoms with Crippen LogP contribution in [-0.4, -0.2) is 20.5 Å². The van der Waals surface area contributed by atoms with Crippen molar-refractivity contribution in [2.24, 2.45) is 0 Å². The van der Waals surface area contributed by atoms with E-state index in [2.05, 4.69) is 22.0 Å². The molecule has 1 aromatic rings. The summed E-state index contributed by atoms with van der Waals surface area (Å²) < 4.78 is 0. The van der Waals surface area contributed by atoms with Crippen molar-refractivity contribution in [3.63, 3.8) is 0 Å². The van der Waals surface area contributed by atoms with E-state index in [0.29, 0.717) is 12.1 Å². The second-order valence-electron chi connectivity index (χ2n) is 1.94. The molecule has 0 spiro atoms. The molecule has 0 aromatic carbocycles. The van der Waals surface area contributed by atoms with Gasteiger partial charge in [-0.15, -0.1) is 6.58 Å². The molecule has 1 rings (SSSR count). The largest absolute Gasteiger partial charge is 0.386 e. The Kier molecular flexibility index (Phi) is 2.17. The lowest BCUT2D eigenvalue weighted by atomic mass is 10.2. The number of aromatic nitrogens is 3. The van der Waals surface area contributed by atoms with Gasteiger partial charge in [0.25, 0.3) is 0 Å². The average Bonchev–Trinajstić information content (AvgIpc) is 2.38. The van der Waals surface area contributed by atoms with Gasteiger partial charge in [0.05, 0.1) is 6.20 Å². The summed E-state index contributed by atoms with van der Waals surface area (Å²) in [6.07, 6.45) is 3.07. The SMILES string of the molecule is C=CCC(O)c1cn[nH]n1. The molecule has 0 saturated heterocycles. The minimum absolute atomic E-state index is 0.506. The molecule has 0 amide bonds. The molecule has 1 aromatic heterocycles. The van der Waals surface area contributed by atoms with E-state index in [4.69, 9.17) is 0 Å². The molecule has 1 heterocycles. The predicted octanol–water partition coefficient (Wildman–Crippen LogP) is 0.414. The molecule has 0 bridgehead atoms. The van der Waals surface area contributed by atoms with Gasteiger partial charge in [-0.2, -0.15) is 15.4 Å². The molecule has 4 heteroatoms. The molecule has 2 N–H and O–H groups in total. The van der Waals surface area contributed by atoms with Gasteiger partial charge in [-0.1, -0.05) is 6.08 Å². The Bertz CT molecular complexity index is 195. The minimum atomic E-state index is -0.573. The lowest BCUT2D eigenvalue weighted by Gasteiger charge is -2.00. The predicted molar refractivity (Wildman–Crippen MR) is 36.2 cm³/mol.